The van der Waals surface area contributed by atoms with Gasteiger partial charge in [0, 0.05) is 22.8 Å². The lowest BCUT2D eigenvalue weighted by atomic mass is 10.1. The smallest absolute Gasteiger partial charge is 0.246 e. The van der Waals surface area contributed by atoms with E-state index in [0.29, 0.717) is 22.8 Å². The summed E-state index contributed by atoms with van der Waals surface area (Å²) in [7, 11) is 0. The fourth-order valence-electron chi connectivity index (χ4n) is 2.45. The van der Waals surface area contributed by atoms with Crippen molar-refractivity contribution in [1.82, 2.24) is 5.32 Å². The summed E-state index contributed by atoms with van der Waals surface area (Å²) in [5.74, 6) is -0.485. The molecule has 2 aromatic carbocycles. The molecule has 1 aliphatic heterocycles. The second-order valence-corrected chi connectivity index (χ2v) is 5.42. The van der Waals surface area contributed by atoms with Crippen LogP contribution in [0.2, 0.25) is 5.02 Å². The topological polar surface area (TPSA) is 41.1 Å². The summed E-state index contributed by atoms with van der Waals surface area (Å²) in [6, 6.07) is 11.4. The van der Waals surface area contributed by atoms with Crippen molar-refractivity contribution >= 4 is 23.2 Å². The fourth-order valence-corrected chi connectivity index (χ4v) is 2.57. The van der Waals surface area contributed by atoms with Gasteiger partial charge in [-0.3, -0.25) is 4.79 Å². The van der Waals surface area contributed by atoms with Crippen LogP contribution in [0, 0.1) is 5.82 Å². The van der Waals surface area contributed by atoms with Gasteiger partial charge >= 0.3 is 0 Å². The highest BCUT2D eigenvalue weighted by molar-refractivity contribution is 6.30. The third-order valence-electron chi connectivity index (χ3n) is 3.52. The molecule has 2 aromatic rings. The second kappa shape index (κ2) is 5.84. The maximum absolute atomic E-state index is 13.3. The van der Waals surface area contributed by atoms with Gasteiger partial charge in [-0.05, 0) is 42.3 Å². The van der Waals surface area contributed by atoms with Crippen LogP contribution < -0.4 is 10.6 Å². The minimum absolute atomic E-state index is 0.147. The molecule has 0 aromatic heterocycles. The molecule has 0 spiro atoms. The fraction of sp³-hybridized carbons (Fsp3) is 0.188. The molecule has 1 heterocycles. The molecule has 2 N–H and O–H groups in total. The van der Waals surface area contributed by atoms with Crippen LogP contribution in [0.25, 0.3) is 0 Å². The third-order valence-corrected chi connectivity index (χ3v) is 3.77. The summed E-state index contributed by atoms with van der Waals surface area (Å²) >= 11 is 5.84. The van der Waals surface area contributed by atoms with Crippen LogP contribution in [0.1, 0.15) is 17.2 Å². The molecule has 0 fully saturated rings. The molecular formula is C16H14ClFN2O. The van der Waals surface area contributed by atoms with E-state index < -0.39 is 6.04 Å². The number of hydrogen-bond donors (Lipinski definition) is 2. The molecular weight excluding hydrogens is 291 g/mol. The number of fused-ring (bicyclic) bond motifs is 1. The summed E-state index contributed by atoms with van der Waals surface area (Å²) in [6.07, 6.45) is 0.769. The minimum Gasteiger partial charge on any atom is -0.324 e. The zero-order chi connectivity index (χ0) is 14.8. The molecule has 1 atom stereocenters. The maximum Gasteiger partial charge on any atom is 0.246 e. The first kappa shape index (κ1) is 14.0. The number of carbonyl (C=O) groups is 1. The molecule has 0 aliphatic carbocycles. The number of rotatable bonds is 4. The largest absolute Gasteiger partial charge is 0.324 e. The van der Waals surface area contributed by atoms with E-state index in [4.69, 9.17) is 11.6 Å². The predicted octanol–water partition coefficient (Wildman–Crippen LogP) is 3.30. The number of carbonyl (C=O) groups excluding carboxylic acids is 1. The van der Waals surface area contributed by atoms with Gasteiger partial charge in [-0.2, -0.15) is 0 Å². The van der Waals surface area contributed by atoms with Crippen LogP contribution in [-0.2, 0) is 11.2 Å². The molecule has 3 nitrogen and oxygen atoms in total. The lowest BCUT2D eigenvalue weighted by molar-refractivity contribution is -0.117. The Morgan fingerprint density at radius 2 is 1.95 bits per heavy atom. The zero-order valence-corrected chi connectivity index (χ0v) is 12.0. The molecule has 5 heteroatoms. The number of anilines is 1. The maximum atomic E-state index is 13.3. The number of halogens is 2. The second-order valence-electron chi connectivity index (χ2n) is 4.98. The van der Waals surface area contributed by atoms with E-state index in [1.54, 1.807) is 6.07 Å². The lowest BCUT2D eigenvalue weighted by Gasteiger charge is -2.11. The Morgan fingerprint density at radius 3 is 2.71 bits per heavy atom. The predicted molar refractivity (Wildman–Crippen MR) is 80.9 cm³/mol. The molecule has 0 saturated carbocycles. The van der Waals surface area contributed by atoms with Gasteiger partial charge in [-0.15, -0.1) is 0 Å². The van der Waals surface area contributed by atoms with Crippen molar-refractivity contribution in [3.8, 4) is 0 Å². The van der Waals surface area contributed by atoms with Crippen LogP contribution in [0.5, 0.6) is 0 Å². The summed E-state index contributed by atoms with van der Waals surface area (Å²) in [4.78, 5) is 11.9. The molecule has 1 amide bonds. The molecule has 0 saturated heterocycles. The summed E-state index contributed by atoms with van der Waals surface area (Å²) in [5, 5.41) is 6.61. The van der Waals surface area contributed by atoms with Crippen LogP contribution in [0.15, 0.2) is 42.5 Å². The Labute approximate surface area is 127 Å². The van der Waals surface area contributed by atoms with Crippen LogP contribution >= 0.6 is 11.6 Å². The number of amides is 1. The summed E-state index contributed by atoms with van der Waals surface area (Å²) in [5.41, 5.74) is 2.46. The first-order valence-corrected chi connectivity index (χ1v) is 7.09. The number of nitrogens with one attached hydrogen (secondary N) is 2. The standard InChI is InChI=1S/C16H14ClFN2O/c17-11-3-1-10(2-4-11)7-8-19-15-13-9-12(18)5-6-14(13)20-16(15)21/h1-6,9,15,19H,7-8H2,(H,20,21). The molecule has 0 bridgehead atoms. The van der Waals surface area contributed by atoms with Crippen LogP contribution in [-0.4, -0.2) is 12.5 Å². The van der Waals surface area contributed by atoms with Crippen molar-refractivity contribution in [2.24, 2.45) is 0 Å². The molecule has 1 unspecified atom stereocenters. The zero-order valence-electron chi connectivity index (χ0n) is 11.2. The molecule has 1 aliphatic rings. The molecule has 21 heavy (non-hydrogen) atoms. The van der Waals surface area contributed by atoms with Gasteiger partial charge < -0.3 is 10.6 Å². The quantitative estimate of drug-likeness (QED) is 0.910. The van der Waals surface area contributed by atoms with Gasteiger partial charge in [0.15, 0.2) is 0 Å². The van der Waals surface area contributed by atoms with E-state index in [1.165, 1.54) is 12.1 Å². The van der Waals surface area contributed by atoms with Crippen molar-refractivity contribution in [3.63, 3.8) is 0 Å². The highest BCUT2D eigenvalue weighted by Crippen LogP contribution is 2.31. The third kappa shape index (κ3) is 3.06. The van der Waals surface area contributed by atoms with E-state index in [9.17, 15) is 9.18 Å². The van der Waals surface area contributed by atoms with Crippen molar-refractivity contribution in [3.05, 3.63) is 64.4 Å². The minimum atomic E-state index is -0.497. The highest BCUT2D eigenvalue weighted by atomic mass is 35.5. The SMILES string of the molecule is O=C1Nc2ccc(F)cc2C1NCCc1ccc(Cl)cc1. The molecule has 0 radical (unpaired) electrons. The van der Waals surface area contributed by atoms with Crippen molar-refractivity contribution in [1.29, 1.82) is 0 Å². The van der Waals surface area contributed by atoms with Crippen LogP contribution in [0.4, 0.5) is 10.1 Å². The van der Waals surface area contributed by atoms with Gasteiger partial charge in [0.1, 0.15) is 11.9 Å². The number of hydrogen-bond acceptors (Lipinski definition) is 2. The Hall–Kier alpha value is -1.91. The van der Waals surface area contributed by atoms with Gasteiger partial charge in [-0.1, -0.05) is 23.7 Å². The monoisotopic (exact) mass is 304 g/mol. The molecule has 3 rings (SSSR count). The van der Waals surface area contributed by atoms with E-state index in [-0.39, 0.29) is 11.7 Å². The van der Waals surface area contributed by atoms with Crippen molar-refractivity contribution < 1.29 is 9.18 Å². The van der Waals surface area contributed by atoms with Crippen molar-refractivity contribution in [2.45, 2.75) is 12.5 Å². The van der Waals surface area contributed by atoms with Crippen molar-refractivity contribution in [2.75, 3.05) is 11.9 Å². The molecule has 108 valence electrons. The first-order chi connectivity index (χ1) is 10.1. The van der Waals surface area contributed by atoms with E-state index in [1.807, 2.05) is 24.3 Å². The normalized spacial score (nSPS) is 16.7. The van der Waals surface area contributed by atoms with E-state index in [2.05, 4.69) is 10.6 Å². The Morgan fingerprint density at radius 1 is 1.19 bits per heavy atom. The lowest BCUT2D eigenvalue weighted by Crippen LogP contribution is -2.29. The van der Waals surface area contributed by atoms with E-state index in [0.717, 1.165) is 12.0 Å². The Bertz CT molecular complexity index is 672. The summed E-state index contributed by atoms with van der Waals surface area (Å²) in [6.45, 7) is 0.621. The average molecular weight is 305 g/mol. The van der Waals surface area contributed by atoms with E-state index >= 15 is 0 Å². The van der Waals surface area contributed by atoms with Gasteiger partial charge in [0.2, 0.25) is 5.91 Å². The summed E-state index contributed by atoms with van der Waals surface area (Å²) < 4.78 is 13.3. The van der Waals surface area contributed by atoms with Crippen LogP contribution in [0.3, 0.4) is 0 Å². The average Bonchev–Trinajstić information content (AvgIpc) is 2.77. The first-order valence-electron chi connectivity index (χ1n) is 6.71. The Balaban J connectivity index is 1.65. The van der Waals surface area contributed by atoms with Gasteiger partial charge in [-0.25, -0.2) is 4.39 Å². The number of benzene rings is 2. The van der Waals surface area contributed by atoms with Gasteiger partial charge in [0.25, 0.3) is 0 Å². The highest BCUT2D eigenvalue weighted by Gasteiger charge is 2.30. The van der Waals surface area contributed by atoms with Gasteiger partial charge in [0.05, 0.1) is 0 Å². The Kier molecular flexibility index (Phi) is 3.90.